The van der Waals surface area contributed by atoms with E-state index in [1.165, 1.54) is 13.8 Å². The molecule has 0 bridgehead atoms. The molecular weight excluding hydrogens is 182 g/mol. The average Bonchev–Trinajstić information content (AvgIpc) is 2.00. The molecule has 0 aromatic heterocycles. The van der Waals surface area contributed by atoms with E-state index in [1.54, 1.807) is 0 Å². The lowest BCUT2D eigenvalue weighted by molar-refractivity contribution is -0.121. The summed E-state index contributed by atoms with van der Waals surface area (Å²) in [5, 5.41) is 19.6. The Hall–Kier alpha value is -0.320. The topological polar surface area (TPSA) is 69.6 Å². The molecule has 0 rings (SSSR count). The fourth-order valence-corrected chi connectivity index (χ4v) is 0.551. The van der Waals surface area contributed by atoms with Crippen molar-refractivity contribution >= 4 is 17.5 Å². The first-order valence-corrected chi connectivity index (χ1v) is 4.08. The predicted octanol–water partition coefficient (Wildman–Crippen LogP) is -0.527. The number of amides is 1. The van der Waals surface area contributed by atoms with Gasteiger partial charge in [0.25, 0.3) is 0 Å². The minimum absolute atomic E-state index is 0.000602. The van der Waals surface area contributed by atoms with Crippen molar-refractivity contribution in [3.8, 4) is 0 Å². The van der Waals surface area contributed by atoms with Crippen LogP contribution in [-0.2, 0) is 4.79 Å². The number of halogens is 1. The predicted molar refractivity (Wildman–Crippen MR) is 46.0 cm³/mol. The highest BCUT2D eigenvalue weighted by atomic mass is 35.5. The van der Waals surface area contributed by atoms with Crippen LogP contribution in [0, 0.1) is 0 Å². The number of nitrogens with one attached hydrogen (secondary N) is 1. The van der Waals surface area contributed by atoms with Gasteiger partial charge in [-0.2, -0.15) is 0 Å². The van der Waals surface area contributed by atoms with Gasteiger partial charge in [0.15, 0.2) is 0 Å². The smallest absolute Gasteiger partial charge is 0.237 e. The van der Waals surface area contributed by atoms with Crippen LogP contribution in [0.3, 0.4) is 0 Å². The second-order valence-corrected chi connectivity index (χ2v) is 3.64. The van der Waals surface area contributed by atoms with Crippen molar-refractivity contribution in [2.75, 3.05) is 13.2 Å². The zero-order valence-electron chi connectivity index (χ0n) is 7.17. The number of hydrogen-bond acceptors (Lipinski definition) is 3. The van der Waals surface area contributed by atoms with Crippen LogP contribution >= 0.6 is 11.6 Å². The number of rotatable bonds is 4. The van der Waals surface area contributed by atoms with Gasteiger partial charge in [-0.05, 0) is 13.8 Å². The van der Waals surface area contributed by atoms with Crippen molar-refractivity contribution in [2.24, 2.45) is 0 Å². The summed E-state index contributed by atoms with van der Waals surface area (Å²) in [5.74, 6) is -0.356. The maximum absolute atomic E-state index is 10.9. The first-order chi connectivity index (χ1) is 5.39. The van der Waals surface area contributed by atoms with Gasteiger partial charge in [-0.1, -0.05) is 0 Å². The van der Waals surface area contributed by atoms with Crippen LogP contribution in [0.2, 0.25) is 0 Å². The molecule has 4 nitrogen and oxygen atoms in total. The standard InChI is InChI=1S/C7H14ClNO3/c1-5(8)6(11)9-3-7(2,12)4-10/h5,10,12H,3-4H2,1-2H3,(H,9,11). The molecule has 0 fully saturated rings. The van der Waals surface area contributed by atoms with Gasteiger partial charge in [0.1, 0.15) is 11.0 Å². The monoisotopic (exact) mass is 195 g/mol. The molecule has 0 spiro atoms. The van der Waals surface area contributed by atoms with E-state index in [4.69, 9.17) is 16.7 Å². The molecule has 5 heteroatoms. The molecular formula is C7H14ClNO3. The summed E-state index contributed by atoms with van der Waals surface area (Å²) < 4.78 is 0. The van der Waals surface area contributed by atoms with E-state index in [-0.39, 0.29) is 12.5 Å². The highest BCUT2D eigenvalue weighted by Crippen LogP contribution is 1.99. The average molecular weight is 196 g/mol. The molecule has 0 aromatic carbocycles. The molecule has 1 amide bonds. The Labute approximate surface area is 76.5 Å². The van der Waals surface area contributed by atoms with Gasteiger partial charge in [-0.3, -0.25) is 4.79 Å². The van der Waals surface area contributed by atoms with Crippen LogP contribution in [0.1, 0.15) is 13.8 Å². The Morgan fingerprint density at radius 1 is 1.75 bits per heavy atom. The number of carbonyl (C=O) groups excluding carboxylic acids is 1. The fraction of sp³-hybridized carbons (Fsp3) is 0.857. The van der Waals surface area contributed by atoms with Gasteiger partial charge >= 0.3 is 0 Å². The van der Waals surface area contributed by atoms with Crippen molar-refractivity contribution in [1.82, 2.24) is 5.32 Å². The lowest BCUT2D eigenvalue weighted by Crippen LogP contribution is -2.44. The van der Waals surface area contributed by atoms with Crippen LogP contribution in [0.4, 0.5) is 0 Å². The number of hydrogen-bond donors (Lipinski definition) is 3. The van der Waals surface area contributed by atoms with Gasteiger partial charge in [-0.15, -0.1) is 11.6 Å². The number of alkyl halides is 1. The fourth-order valence-electron chi connectivity index (χ4n) is 0.474. The summed E-state index contributed by atoms with van der Waals surface area (Å²) in [5.41, 5.74) is -1.28. The minimum atomic E-state index is -1.28. The molecule has 0 saturated heterocycles. The zero-order valence-corrected chi connectivity index (χ0v) is 7.93. The summed E-state index contributed by atoms with van der Waals surface area (Å²) in [4.78, 5) is 10.9. The van der Waals surface area contributed by atoms with E-state index >= 15 is 0 Å². The Kier molecular flexibility index (Phi) is 4.52. The molecule has 2 atom stereocenters. The van der Waals surface area contributed by atoms with Gasteiger partial charge < -0.3 is 15.5 Å². The largest absolute Gasteiger partial charge is 0.393 e. The number of aliphatic hydroxyl groups excluding tert-OH is 1. The van der Waals surface area contributed by atoms with E-state index in [1.807, 2.05) is 0 Å². The van der Waals surface area contributed by atoms with Crippen LogP contribution in [-0.4, -0.2) is 40.3 Å². The van der Waals surface area contributed by atoms with Crippen LogP contribution in [0.15, 0.2) is 0 Å². The molecule has 0 radical (unpaired) electrons. The summed E-state index contributed by atoms with van der Waals surface area (Å²) in [7, 11) is 0. The Morgan fingerprint density at radius 3 is 2.58 bits per heavy atom. The van der Waals surface area contributed by atoms with Gasteiger partial charge in [-0.25, -0.2) is 0 Å². The molecule has 0 aliphatic rings. The zero-order chi connectivity index (χ0) is 9.78. The molecule has 12 heavy (non-hydrogen) atoms. The first-order valence-electron chi connectivity index (χ1n) is 3.64. The third kappa shape index (κ3) is 4.54. The SMILES string of the molecule is CC(Cl)C(=O)NCC(C)(O)CO. The summed E-state index contributed by atoms with van der Waals surface area (Å²) in [6.07, 6.45) is 0. The molecule has 2 unspecified atom stereocenters. The van der Waals surface area contributed by atoms with Crippen molar-refractivity contribution in [2.45, 2.75) is 24.8 Å². The normalized spacial score (nSPS) is 18.1. The second kappa shape index (κ2) is 4.64. The quantitative estimate of drug-likeness (QED) is 0.529. The van der Waals surface area contributed by atoms with Gasteiger partial charge in [0.05, 0.1) is 6.61 Å². The molecule has 0 aliphatic heterocycles. The van der Waals surface area contributed by atoms with Gasteiger partial charge in [0, 0.05) is 6.54 Å². The molecule has 3 N–H and O–H groups in total. The first kappa shape index (κ1) is 11.7. The summed E-state index contributed by atoms with van der Waals surface area (Å²) in [6.45, 7) is 2.56. The third-order valence-electron chi connectivity index (χ3n) is 1.35. The van der Waals surface area contributed by atoms with Crippen LogP contribution in [0.25, 0.3) is 0 Å². The molecule has 0 aliphatic carbocycles. The van der Waals surface area contributed by atoms with E-state index in [2.05, 4.69) is 5.32 Å². The van der Waals surface area contributed by atoms with E-state index < -0.39 is 17.6 Å². The second-order valence-electron chi connectivity index (χ2n) is 2.99. The Bertz CT molecular complexity index is 159. The van der Waals surface area contributed by atoms with Crippen molar-refractivity contribution in [3.05, 3.63) is 0 Å². The van der Waals surface area contributed by atoms with E-state index in [9.17, 15) is 9.90 Å². The highest BCUT2D eigenvalue weighted by Gasteiger charge is 2.20. The highest BCUT2D eigenvalue weighted by molar-refractivity contribution is 6.30. The number of aliphatic hydroxyl groups is 2. The minimum Gasteiger partial charge on any atom is -0.393 e. The summed E-state index contributed by atoms with van der Waals surface area (Å²) in [6, 6.07) is 0. The van der Waals surface area contributed by atoms with Crippen LogP contribution in [0.5, 0.6) is 0 Å². The van der Waals surface area contributed by atoms with E-state index in [0.717, 1.165) is 0 Å². The maximum atomic E-state index is 10.9. The van der Waals surface area contributed by atoms with E-state index in [0.29, 0.717) is 0 Å². The van der Waals surface area contributed by atoms with Gasteiger partial charge in [0.2, 0.25) is 5.91 Å². The summed E-state index contributed by atoms with van der Waals surface area (Å²) >= 11 is 5.44. The number of carbonyl (C=O) groups is 1. The molecule has 0 aromatic rings. The molecule has 0 heterocycles. The molecule has 0 saturated carbocycles. The third-order valence-corrected chi connectivity index (χ3v) is 1.54. The molecule has 72 valence electrons. The lowest BCUT2D eigenvalue weighted by Gasteiger charge is -2.20. The van der Waals surface area contributed by atoms with Crippen molar-refractivity contribution in [1.29, 1.82) is 0 Å². The lowest BCUT2D eigenvalue weighted by atomic mass is 10.1. The maximum Gasteiger partial charge on any atom is 0.237 e. The van der Waals surface area contributed by atoms with Crippen molar-refractivity contribution in [3.63, 3.8) is 0 Å². The Morgan fingerprint density at radius 2 is 2.25 bits per heavy atom. The van der Waals surface area contributed by atoms with Crippen molar-refractivity contribution < 1.29 is 15.0 Å². The Balaban J connectivity index is 3.76. The van der Waals surface area contributed by atoms with Crippen LogP contribution < -0.4 is 5.32 Å².